The fourth-order valence-electron chi connectivity index (χ4n) is 1.75. The first-order valence-corrected chi connectivity index (χ1v) is 5.61. The first-order chi connectivity index (χ1) is 8.22. The van der Waals surface area contributed by atoms with E-state index in [1.807, 2.05) is 12.1 Å². The molecular formula is C12H17NO4. The lowest BCUT2D eigenvalue weighted by atomic mass is 10.0. The summed E-state index contributed by atoms with van der Waals surface area (Å²) < 4.78 is 10.7. The molecular weight excluding hydrogens is 222 g/mol. The Labute approximate surface area is 99.8 Å². The zero-order valence-electron chi connectivity index (χ0n) is 9.45. The van der Waals surface area contributed by atoms with Crippen LogP contribution >= 0.6 is 0 Å². The van der Waals surface area contributed by atoms with Gasteiger partial charge < -0.3 is 25.4 Å². The minimum Gasteiger partial charge on any atom is -0.389 e. The SMILES string of the molecule is NCC(O)C(O)c1ccc(C2OCCO2)cc1. The molecule has 2 atom stereocenters. The van der Waals surface area contributed by atoms with Crippen molar-refractivity contribution in [3.63, 3.8) is 0 Å². The van der Waals surface area contributed by atoms with Crippen molar-refractivity contribution in [1.82, 2.24) is 0 Å². The lowest BCUT2D eigenvalue weighted by Gasteiger charge is -2.17. The average molecular weight is 239 g/mol. The Morgan fingerprint density at radius 2 is 1.76 bits per heavy atom. The van der Waals surface area contributed by atoms with Crippen LogP contribution in [0.2, 0.25) is 0 Å². The predicted molar refractivity (Wildman–Crippen MR) is 61.1 cm³/mol. The second-order valence-electron chi connectivity index (χ2n) is 3.99. The number of aliphatic hydroxyl groups excluding tert-OH is 2. The first-order valence-electron chi connectivity index (χ1n) is 5.61. The van der Waals surface area contributed by atoms with Crippen molar-refractivity contribution >= 4 is 0 Å². The van der Waals surface area contributed by atoms with Gasteiger partial charge >= 0.3 is 0 Å². The van der Waals surface area contributed by atoms with Crippen LogP contribution < -0.4 is 5.73 Å². The molecule has 1 aliphatic rings. The molecule has 0 spiro atoms. The molecule has 0 saturated carbocycles. The molecule has 1 heterocycles. The van der Waals surface area contributed by atoms with E-state index in [1.165, 1.54) is 0 Å². The second-order valence-corrected chi connectivity index (χ2v) is 3.99. The number of rotatable bonds is 4. The van der Waals surface area contributed by atoms with Crippen LogP contribution in [0, 0.1) is 0 Å². The second kappa shape index (κ2) is 5.57. The molecule has 0 amide bonds. The zero-order chi connectivity index (χ0) is 12.3. The van der Waals surface area contributed by atoms with Gasteiger partial charge in [-0.3, -0.25) is 0 Å². The van der Waals surface area contributed by atoms with Crippen LogP contribution in [0.4, 0.5) is 0 Å². The smallest absolute Gasteiger partial charge is 0.184 e. The highest BCUT2D eigenvalue weighted by atomic mass is 16.7. The molecule has 2 unspecified atom stereocenters. The minimum atomic E-state index is -0.959. The van der Waals surface area contributed by atoms with Crippen LogP contribution in [0.25, 0.3) is 0 Å². The lowest BCUT2D eigenvalue weighted by Crippen LogP contribution is -2.27. The summed E-state index contributed by atoms with van der Waals surface area (Å²) in [5.74, 6) is 0. The Morgan fingerprint density at radius 3 is 2.29 bits per heavy atom. The van der Waals surface area contributed by atoms with Gasteiger partial charge in [0.05, 0.1) is 19.3 Å². The first kappa shape index (κ1) is 12.5. The summed E-state index contributed by atoms with van der Waals surface area (Å²) in [5, 5.41) is 19.2. The largest absolute Gasteiger partial charge is 0.389 e. The van der Waals surface area contributed by atoms with E-state index in [0.717, 1.165) is 5.56 Å². The number of benzene rings is 1. The van der Waals surface area contributed by atoms with Crippen molar-refractivity contribution in [2.45, 2.75) is 18.5 Å². The van der Waals surface area contributed by atoms with E-state index in [-0.39, 0.29) is 12.8 Å². The van der Waals surface area contributed by atoms with Gasteiger partial charge in [0.1, 0.15) is 6.10 Å². The molecule has 0 aromatic heterocycles. The quantitative estimate of drug-likeness (QED) is 0.693. The van der Waals surface area contributed by atoms with Gasteiger partial charge in [-0.15, -0.1) is 0 Å². The molecule has 0 bridgehead atoms. The van der Waals surface area contributed by atoms with Crippen LogP contribution in [-0.2, 0) is 9.47 Å². The molecule has 2 rings (SSSR count). The Bertz CT molecular complexity index is 348. The molecule has 4 N–H and O–H groups in total. The highest BCUT2D eigenvalue weighted by Crippen LogP contribution is 2.25. The van der Waals surface area contributed by atoms with E-state index in [0.29, 0.717) is 18.8 Å². The molecule has 1 saturated heterocycles. The third-order valence-corrected chi connectivity index (χ3v) is 2.78. The van der Waals surface area contributed by atoms with Crippen molar-refractivity contribution in [3.8, 4) is 0 Å². The molecule has 5 heteroatoms. The Hall–Kier alpha value is -0.980. The van der Waals surface area contributed by atoms with Crippen molar-refractivity contribution in [2.24, 2.45) is 5.73 Å². The fourth-order valence-corrected chi connectivity index (χ4v) is 1.75. The number of ether oxygens (including phenoxy) is 2. The Morgan fingerprint density at radius 1 is 1.18 bits per heavy atom. The van der Waals surface area contributed by atoms with Crippen LogP contribution in [-0.4, -0.2) is 36.1 Å². The number of aliphatic hydroxyl groups is 2. The van der Waals surface area contributed by atoms with E-state index < -0.39 is 12.2 Å². The van der Waals surface area contributed by atoms with Gasteiger partial charge in [0.2, 0.25) is 0 Å². The molecule has 0 radical (unpaired) electrons. The summed E-state index contributed by atoms with van der Waals surface area (Å²) in [5.41, 5.74) is 6.82. The standard InChI is InChI=1S/C12H17NO4/c13-7-10(14)11(15)8-1-3-9(4-2-8)12-16-5-6-17-12/h1-4,10-12,14-15H,5-7,13H2. The van der Waals surface area contributed by atoms with E-state index in [1.54, 1.807) is 12.1 Å². The van der Waals surface area contributed by atoms with Gasteiger partial charge in [0, 0.05) is 12.1 Å². The van der Waals surface area contributed by atoms with E-state index in [2.05, 4.69) is 0 Å². The molecule has 0 aliphatic carbocycles. The zero-order valence-corrected chi connectivity index (χ0v) is 9.45. The summed E-state index contributed by atoms with van der Waals surface area (Å²) in [4.78, 5) is 0. The summed E-state index contributed by atoms with van der Waals surface area (Å²) in [7, 11) is 0. The predicted octanol–water partition coefficient (Wildman–Crippen LogP) is 0.0850. The maximum Gasteiger partial charge on any atom is 0.184 e. The highest BCUT2D eigenvalue weighted by Gasteiger charge is 2.20. The molecule has 1 fully saturated rings. The van der Waals surface area contributed by atoms with Gasteiger partial charge in [0.25, 0.3) is 0 Å². The topological polar surface area (TPSA) is 84.9 Å². The minimum absolute atomic E-state index is 0.0256. The Kier molecular flexibility index (Phi) is 4.09. The van der Waals surface area contributed by atoms with E-state index in [4.69, 9.17) is 15.2 Å². The van der Waals surface area contributed by atoms with Crippen LogP contribution in [0.5, 0.6) is 0 Å². The van der Waals surface area contributed by atoms with Crippen LogP contribution in [0.1, 0.15) is 23.5 Å². The monoisotopic (exact) mass is 239 g/mol. The third kappa shape index (κ3) is 2.83. The van der Waals surface area contributed by atoms with Gasteiger partial charge in [-0.05, 0) is 5.56 Å². The van der Waals surface area contributed by atoms with E-state index >= 15 is 0 Å². The molecule has 17 heavy (non-hydrogen) atoms. The maximum absolute atomic E-state index is 9.75. The van der Waals surface area contributed by atoms with Crippen molar-refractivity contribution in [3.05, 3.63) is 35.4 Å². The van der Waals surface area contributed by atoms with Gasteiger partial charge in [-0.25, -0.2) is 0 Å². The lowest BCUT2D eigenvalue weighted by molar-refractivity contribution is -0.0441. The maximum atomic E-state index is 9.75. The van der Waals surface area contributed by atoms with Gasteiger partial charge in [-0.1, -0.05) is 24.3 Å². The fraction of sp³-hybridized carbons (Fsp3) is 0.500. The molecule has 5 nitrogen and oxygen atoms in total. The normalized spacial score (nSPS) is 20.4. The van der Waals surface area contributed by atoms with Gasteiger partial charge in [-0.2, -0.15) is 0 Å². The van der Waals surface area contributed by atoms with Crippen molar-refractivity contribution in [2.75, 3.05) is 19.8 Å². The van der Waals surface area contributed by atoms with Crippen LogP contribution in [0.3, 0.4) is 0 Å². The van der Waals surface area contributed by atoms with E-state index in [9.17, 15) is 10.2 Å². The summed E-state index contributed by atoms with van der Waals surface area (Å²) in [6, 6.07) is 7.11. The summed E-state index contributed by atoms with van der Waals surface area (Å²) in [6.07, 6.45) is -2.22. The summed E-state index contributed by atoms with van der Waals surface area (Å²) in [6.45, 7) is 1.22. The molecule has 1 aromatic carbocycles. The number of hydrogen-bond donors (Lipinski definition) is 3. The average Bonchev–Trinajstić information content (AvgIpc) is 2.91. The number of nitrogens with two attached hydrogens (primary N) is 1. The molecule has 94 valence electrons. The van der Waals surface area contributed by atoms with Crippen LogP contribution in [0.15, 0.2) is 24.3 Å². The third-order valence-electron chi connectivity index (χ3n) is 2.78. The highest BCUT2D eigenvalue weighted by molar-refractivity contribution is 5.25. The number of hydrogen-bond acceptors (Lipinski definition) is 5. The molecule has 1 aromatic rings. The van der Waals surface area contributed by atoms with Crippen molar-refractivity contribution in [1.29, 1.82) is 0 Å². The van der Waals surface area contributed by atoms with Crippen molar-refractivity contribution < 1.29 is 19.7 Å². The molecule has 1 aliphatic heterocycles. The van der Waals surface area contributed by atoms with Gasteiger partial charge in [0.15, 0.2) is 6.29 Å². The summed E-state index contributed by atoms with van der Waals surface area (Å²) >= 11 is 0. The Balaban J connectivity index is 2.06.